The van der Waals surface area contributed by atoms with Gasteiger partial charge in [-0.25, -0.2) is 4.39 Å². The minimum absolute atomic E-state index is 0.0223. The lowest BCUT2D eigenvalue weighted by Gasteiger charge is -2.18. The number of carbonyl (C=O) groups is 1. The zero-order valence-electron chi connectivity index (χ0n) is 11.6. The van der Waals surface area contributed by atoms with Crippen molar-refractivity contribution in [2.45, 2.75) is 0 Å². The molecule has 0 unspecified atom stereocenters. The molecule has 0 spiro atoms. The van der Waals surface area contributed by atoms with Crippen LogP contribution in [0.5, 0.6) is 5.75 Å². The van der Waals surface area contributed by atoms with E-state index in [-0.39, 0.29) is 11.7 Å². The Kier molecular flexibility index (Phi) is 4.19. The summed E-state index contributed by atoms with van der Waals surface area (Å²) in [7, 11) is 2.95. The molecule has 0 aromatic heterocycles. The molecule has 0 aliphatic carbocycles. The van der Waals surface area contributed by atoms with E-state index < -0.39 is 5.82 Å². The van der Waals surface area contributed by atoms with Crippen molar-refractivity contribution in [3.63, 3.8) is 0 Å². The van der Waals surface area contributed by atoms with Gasteiger partial charge in [-0.1, -0.05) is 0 Å². The standard InChI is InChI=1S/C16H13FN2O2/c1-19(13-6-3-11(10-18)4-7-13)16(20)12-5-8-14(17)15(9-12)21-2/h3-9H,1-2H3. The van der Waals surface area contributed by atoms with Crippen molar-refractivity contribution >= 4 is 11.6 Å². The first-order chi connectivity index (χ1) is 10.1. The van der Waals surface area contributed by atoms with Crippen molar-refractivity contribution < 1.29 is 13.9 Å². The fourth-order valence-electron chi connectivity index (χ4n) is 1.86. The first kappa shape index (κ1) is 14.5. The molecule has 0 heterocycles. The van der Waals surface area contributed by atoms with Gasteiger partial charge in [0.2, 0.25) is 0 Å². The van der Waals surface area contributed by atoms with Gasteiger partial charge in [-0.05, 0) is 42.5 Å². The minimum atomic E-state index is -0.518. The Labute approximate surface area is 122 Å². The number of ether oxygens (including phenoxy) is 1. The maximum atomic E-state index is 13.4. The molecule has 0 saturated heterocycles. The van der Waals surface area contributed by atoms with Crippen LogP contribution in [0.3, 0.4) is 0 Å². The Morgan fingerprint density at radius 2 is 1.90 bits per heavy atom. The lowest BCUT2D eigenvalue weighted by molar-refractivity contribution is 0.0992. The largest absolute Gasteiger partial charge is 0.494 e. The van der Waals surface area contributed by atoms with Gasteiger partial charge in [0.15, 0.2) is 11.6 Å². The van der Waals surface area contributed by atoms with Gasteiger partial charge in [-0.2, -0.15) is 5.26 Å². The summed E-state index contributed by atoms with van der Waals surface area (Å²) in [5.41, 5.74) is 1.48. The molecule has 0 bridgehead atoms. The molecule has 2 rings (SSSR count). The number of carbonyl (C=O) groups excluding carboxylic acids is 1. The summed E-state index contributed by atoms with van der Waals surface area (Å²) < 4.78 is 18.2. The summed E-state index contributed by atoms with van der Waals surface area (Å²) in [4.78, 5) is 13.8. The average molecular weight is 284 g/mol. The third-order valence-electron chi connectivity index (χ3n) is 3.09. The molecule has 5 heteroatoms. The normalized spacial score (nSPS) is 9.81. The first-order valence-corrected chi connectivity index (χ1v) is 6.18. The Balaban J connectivity index is 2.28. The molecule has 0 atom stereocenters. The number of hydrogen-bond acceptors (Lipinski definition) is 3. The van der Waals surface area contributed by atoms with Crippen molar-refractivity contribution in [3.05, 3.63) is 59.4 Å². The summed E-state index contributed by atoms with van der Waals surface area (Å²) in [6.07, 6.45) is 0. The van der Waals surface area contributed by atoms with E-state index in [4.69, 9.17) is 10.00 Å². The number of amides is 1. The second-order valence-electron chi connectivity index (χ2n) is 4.37. The van der Waals surface area contributed by atoms with E-state index in [1.165, 1.54) is 30.2 Å². The van der Waals surface area contributed by atoms with Crippen LogP contribution in [0.1, 0.15) is 15.9 Å². The molecule has 0 N–H and O–H groups in total. The quantitative estimate of drug-likeness (QED) is 0.870. The van der Waals surface area contributed by atoms with Crippen molar-refractivity contribution in [1.29, 1.82) is 5.26 Å². The molecular weight excluding hydrogens is 271 g/mol. The van der Waals surface area contributed by atoms with E-state index in [2.05, 4.69) is 0 Å². The molecule has 0 radical (unpaired) electrons. The average Bonchev–Trinajstić information content (AvgIpc) is 2.54. The molecule has 21 heavy (non-hydrogen) atoms. The van der Waals surface area contributed by atoms with Gasteiger partial charge in [-0.3, -0.25) is 4.79 Å². The van der Waals surface area contributed by atoms with Crippen LogP contribution in [0.2, 0.25) is 0 Å². The molecule has 1 amide bonds. The van der Waals surface area contributed by atoms with Gasteiger partial charge in [0.1, 0.15) is 0 Å². The Bertz CT molecular complexity index is 705. The Hall–Kier alpha value is -2.87. The van der Waals surface area contributed by atoms with E-state index >= 15 is 0 Å². The van der Waals surface area contributed by atoms with Crippen LogP contribution in [0, 0.1) is 17.1 Å². The van der Waals surface area contributed by atoms with Crippen molar-refractivity contribution in [3.8, 4) is 11.8 Å². The van der Waals surface area contributed by atoms with E-state index in [1.807, 2.05) is 6.07 Å². The van der Waals surface area contributed by atoms with Crippen LogP contribution in [-0.2, 0) is 0 Å². The molecular formula is C16H13FN2O2. The maximum Gasteiger partial charge on any atom is 0.258 e. The molecule has 4 nitrogen and oxygen atoms in total. The minimum Gasteiger partial charge on any atom is -0.494 e. The van der Waals surface area contributed by atoms with Gasteiger partial charge in [-0.15, -0.1) is 0 Å². The number of nitriles is 1. The second kappa shape index (κ2) is 6.06. The maximum absolute atomic E-state index is 13.4. The van der Waals surface area contributed by atoms with Gasteiger partial charge < -0.3 is 9.64 Å². The lowest BCUT2D eigenvalue weighted by atomic mass is 10.1. The third-order valence-corrected chi connectivity index (χ3v) is 3.09. The third kappa shape index (κ3) is 3.00. The zero-order valence-corrected chi connectivity index (χ0v) is 11.6. The highest BCUT2D eigenvalue weighted by atomic mass is 19.1. The Morgan fingerprint density at radius 1 is 1.24 bits per heavy atom. The summed E-state index contributed by atoms with van der Waals surface area (Å²) in [6.45, 7) is 0. The Morgan fingerprint density at radius 3 is 2.48 bits per heavy atom. The van der Waals surface area contributed by atoms with Crippen molar-refractivity contribution in [2.75, 3.05) is 19.1 Å². The number of anilines is 1. The van der Waals surface area contributed by atoms with E-state index in [1.54, 1.807) is 31.3 Å². The van der Waals surface area contributed by atoms with Crippen LogP contribution in [-0.4, -0.2) is 20.1 Å². The number of rotatable bonds is 3. The summed E-state index contributed by atoms with van der Waals surface area (Å²) in [5.74, 6) is -0.790. The molecule has 2 aromatic rings. The highest BCUT2D eigenvalue weighted by Gasteiger charge is 2.15. The number of halogens is 1. The van der Waals surface area contributed by atoms with Gasteiger partial charge >= 0.3 is 0 Å². The summed E-state index contributed by atoms with van der Waals surface area (Å²) >= 11 is 0. The number of benzene rings is 2. The van der Waals surface area contributed by atoms with Gasteiger partial charge in [0, 0.05) is 18.3 Å². The van der Waals surface area contributed by atoms with Crippen molar-refractivity contribution in [2.24, 2.45) is 0 Å². The molecule has 2 aromatic carbocycles. The molecule has 0 saturated carbocycles. The summed E-state index contributed by atoms with van der Waals surface area (Å²) in [6, 6.07) is 12.6. The van der Waals surface area contributed by atoms with Gasteiger partial charge in [0.25, 0.3) is 5.91 Å². The number of nitrogens with zero attached hydrogens (tertiary/aromatic N) is 2. The number of methoxy groups -OCH3 is 1. The number of hydrogen-bond donors (Lipinski definition) is 0. The van der Waals surface area contributed by atoms with Crippen LogP contribution in [0.25, 0.3) is 0 Å². The summed E-state index contributed by atoms with van der Waals surface area (Å²) in [5, 5.41) is 8.76. The molecule has 106 valence electrons. The lowest BCUT2D eigenvalue weighted by Crippen LogP contribution is -2.26. The zero-order chi connectivity index (χ0) is 15.4. The van der Waals surface area contributed by atoms with E-state index in [9.17, 15) is 9.18 Å². The molecule has 0 aliphatic heterocycles. The smallest absolute Gasteiger partial charge is 0.258 e. The highest BCUT2D eigenvalue weighted by Crippen LogP contribution is 2.21. The first-order valence-electron chi connectivity index (χ1n) is 6.18. The second-order valence-corrected chi connectivity index (χ2v) is 4.37. The predicted molar refractivity (Wildman–Crippen MR) is 76.8 cm³/mol. The van der Waals surface area contributed by atoms with E-state index in [0.29, 0.717) is 16.8 Å². The SMILES string of the molecule is COc1cc(C(=O)N(C)c2ccc(C#N)cc2)ccc1F. The van der Waals surface area contributed by atoms with Crippen LogP contribution < -0.4 is 9.64 Å². The van der Waals surface area contributed by atoms with E-state index in [0.717, 1.165) is 0 Å². The fourth-order valence-corrected chi connectivity index (χ4v) is 1.86. The highest BCUT2D eigenvalue weighted by molar-refractivity contribution is 6.05. The van der Waals surface area contributed by atoms with Gasteiger partial charge in [0.05, 0.1) is 18.7 Å². The topological polar surface area (TPSA) is 53.3 Å². The van der Waals surface area contributed by atoms with Crippen LogP contribution in [0.4, 0.5) is 10.1 Å². The van der Waals surface area contributed by atoms with Crippen LogP contribution >= 0.6 is 0 Å². The predicted octanol–water partition coefficient (Wildman–Crippen LogP) is 2.98. The molecule has 0 fully saturated rings. The fraction of sp³-hybridized carbons (Fsp3) is 0.125. The van der Waals surface area contributed by atoms with Crippen molar-refractivity contribution in [1.82, 2.24) is 0 Å². The van der Waals surface area contributed by atoms with Crippen LogP contribution in [0.15, 0.2) is 42.5 Å². The molecule has 0 aliphatic rings. The monoisotopic (exact) mass is 284 g/mol.